The Morgan fingerprint density at radius 2 is 1.53 bits per heavy atom. The van der Waals surface area contributed by atoms with Crippen molar-refractivity contribution in [2.24, 2.45) is 0 Å². The molecule has 0 radical (unpaired) electrons. The van der Waals surface area contributed by atoms with E-state index >= 15 is 0 Å². The highest BCUT2D eigenvalue weighted by Crippen LogP contribution is 2.22. The summed E-state index contributed by atoms with van der Waals surface area (Å²) in [6.07, 6.45) is 1.28. The minimum Gasteiger partial charge on any atom is -0.507 e. The molecule has 1 N–H and O–H groups in total. The van der Waals surface area contributed by atoms with E-state index in [4.69, 9.17) is 0 Å². The van der Waals surface area contributed by atoms with Crippen LogP contribution in [-0.4, -0.2) is 46.8 Å². The SMILES string of the molecule is CN1C(=O)C(=Cc2ccccc2O)C(=O)N(C)C1=O. The molecule has 0 spiro atoms. The lowest BCUT2D eigenvalue weighted by atomic mass is 10.1. The van der Waals surface area contributed by atoms with E-state index < -0.39 is 17.8 Å². The van der Waals surface area contributed by atoms with Crippen LogP contribution < -0.4 is 0 Å². The standard InChI is InChI=1S/C13H12N2O4/c1-14-11(17)9(12(18)15(2)13(14)19)7-8-5-3-4-6-10(8)16/h3-7,16H,1-2H3. The van der Waals surface area contributed by atoms with E-state index in [0.29, 0.717) is 5.56 Å². The number of nitrogens with zero attached hydrogens (tertiary/aromatic N) is 2. The van der Waals surface area contributed by atoms with Gasteiger partial charge in [0.05, 0.1) is 0 Å². The lowest BCUT2D eigenvalue weighted by Gasteiger charge is -2.28. The lowest BCUT2D eigenvalue weighted by Crippen LogP contribution is -2.52. The fourth-order valence-corrected chi connectivity index (χ4v) is 1.74. The van der Waals surface area contributed by atoms with E-state index in [9.17, 15) is 19.5 Å². The summed E-state index contributed by atoms with van der Waals surface area (Å²) >= 11 is 0. The summed E-state index contributed by atoms with van der Waals surface area (Å²) in [5, 5.41) is 9.64. The minimum atomic E-state index is -0.684. The number of amides is 4. The van der Waals surface area contributed by atoms with Gasteiger partial charge in [-0.25, -0.2) is 4.79 Å². The van der Waals surface area contributed by atoms with E-state index in [0.717, 1.165) is 9.80 Å². The molecule has 6 nitrogen and oxygen atoms in total. The number of aromatic hydroxyl groups is 1. The predicted octanol–water partition coefficient (Wildman–Crippen LogP) is 0.826. The number of likely N-dealkylation sites (N-methyl/N-ethyl adjacent to an activating group) is 2. The third kappa shape index (κ3) is 2.08. The van der Waals surface area contributed by atoms with Crippen molar-refractivity contribution in [3.05, 3.63) is 35.4 Å². The maximum absolute atomic E-state index is 11.9. The summed E-state index contributed by atoms with van der Waals surface area (Å²) in [4.78, 5) is 37.1. The molecule has 0 bridgehead atoms. The molecule has 1 fully saturated rings. The van der Waals surface area contributed by atoms with Gasteiger partial charge in [-0.3, -0.25) is 19.4 Å². The maximum atomic E-state index is 11.9. The second-order valence-electron chi connectivity index (χ2n) is 4.13. The number of benzene rings is 1. The highest BCUT2D eigenvalue weighted by atomic mass is 16.3. The summed E-state index contributed by atoms with van der Waals surface area (Å²) in [5.41, 5.74) is 0.182. The number of para-hydroxylation sites is 1. The summed E-state index contributed by atoms with van der Waals surface area (Å²) in [7, 11) is 2.60. The normalized spacial score (nSPS) is 16.1. The fraction of sp³-hybridized carbons (Fsp3) is 0.154. The van der Waals surface area contributed by atoms with Gasteiger partial charge in [0.15, 0.2) is 0 Å². The van der Waals surface area contributed by atoms with Crippen LogP contribution in [0.1, 0.15) is 5.56 Å². The van der Waals surface area contributed by atoms with Crippen LogP contribution in [0.2, 0.25) is 0 Å². The third-order valence-corrected chi connectivity index (χ3v) is 2.88. The molecule has 1 aliphatic heterocycles. The number of carbonyl (C=O) groups excluding carboxylic acids is 3. The Morgan fingerprint density at radius 3 is 2.05 bits per heavy atom. The second kappa shape index (κ2) is 4.56. The largest absolute Gasteiger partial charge is 0.507 e. The molecule has 1 saturated heterocycles. The zero-order chi connectivity index (χ0) is 14.2. The summed E-state index contributed by atoms with van der Waals surface area (Å²) in [5.74, 6) is -1.41. The topological polar surface area (TPSA) is 77.9 Å². The van der Waals surface area contributed by atoms with Crippen LogP contribution in [0.25, 0.3) is 6.08 Å². The molecule has 0 saturated carbocycles. The smallest absolute Gasteiger partial charge is 0.333 e. The van der Waals surface area contributed by atoms with Gasteiger partial charge in [0, 0.05) is 19.7 Å². The second-order valence-corrected chi connectivity index (χ2v) is 4.13. The number of hydrogen-bond donors (Lipinski definition) is 1. The number of rotatable bonds is 1. The molecule has 2 rings (SSSR count). The average molecular weight is 260 g/mol. The predicted molar refractivity (Wildman–Crippen MR) is 67.0 cm³/mol. The molecule has 0 aromatic heterocycles. The number of carbonyl (C=O) groups is 3. The van der Waals surface area contributed by atoms with Crippen molar-refractivity contribution in [1.29, 1.82) is 0 Å². The number of phenolic OH excluding ortho intramolecular Hbond substituents is 1. The Labute approximate surface area is 109 Å². The van der Waals surface area contributed by atoms with E-state index in [-0.39, 0.29) is 11.3 Å². The minimum absolute atomic E-state index is 0.0437. The fourth-order valence-electron chi connectivity index (χ4n) is 1.74. The first-order chi connectivity index (χ1) is 8.93. The first-order valence-corrected chi connectivity index (χ1v) is 5.53. The van der Waals surface area contributed by atoms with Crippen LogP contribution in [0.4, 0.5) is 4.79 Å². The molecule has 1 aromatic rings. The Bertz CT molecular complexity index is 580. The highest BCUT2D eigenvalue weighted by Gasteiger charge is 2.37. The van der Waals surface area contributed by atoms with Crippen molar-refractivity contribution in [3.63, 3.8) is 0 Å². The van der Waals surface area contributed by atoms with E-state index in [1.54, 1.807) is 18.2 Å². The highest BCUT2D eigenvalue weighted by molar-refractivity contribution is 6.30. The van der Waals surface area contributed by atoms with Gasteiger partial charge in [-0.2, -0.15) is 0 Å². The van der Waals surface area contributed by atoms with Gasteiger partial charge in [-0.15, -0.1) is 0 Å². The first-order valence-electron chi connectivity index (χ1n) is 5.53. The molecular formula is C13H12N2O4. The van der Waals surface area contributed by atoms with Crippen molar-refractivity contribution in [2.45, 2.75) is 0 Å². The first kappa shape index (κ1) is 12.8. The Balaban J connectivity index is 2.49. The maximum Gasteiger partial charge on any atom is 0.333 e. The number of barbiturate groups is 1. The van der Waals surface area contributed by atoms with Crippen molar-refractivity contribution in [1.82, 2.24) is 9.80 Å². The third-order valence-electron chi connectivity index (χ3n) is 2.88. The zero-order valence-corrected chi connectivity index (χ0v) is 10.5. The van der Waals surface area contributed by atoms with Crippen LogP contribution in [0.3, 0.4) is 0 Å². The van der Waals surface area contributed by atoms with E-state index in [1.807, 2.05) is 0 Å². The number of urea groups is 1. The van der Waals surface area contributed by atoms with Gasteiger partial charge >= 0.3 is 6.03 Å². The van der Waals surface area contributed by atoms with Gasteiger partial charge in [0.1, 0.15) is 11.3 Å². The number of phenols is 1. The zero-order valence-electron chi connectivity index (χ0n) is 10.5. The molecule has 98 valence electrons. The Morgan fingerprint density at radius 1 is 1.00 bits per heavy atom. The van der Waals surface area contributed by atoms with Crippen LogP contribution in [0, 0.1) is 0 Å². The molecule has 19 heavy (non-hydrogen) atoms. The summed E-state index contributed by atoms with van der Waals surface area (Å²) < 4.78 is 0. The molecule has 0 aliphatic carbocycles. The van der Waals surface area contributed by atoms with Crippen molar-refractivity contribution in [2.75, 3.05) is 14.1 Å². The monoisotopic (exact) mass is 260 g/mol. The summed E-state index contributed by atoms with van der Waals surface area (Å²) in [6.45, 7) is 0. The molecule has 1 aromatic carbocycles. The molecule has 1 heterocycles. The number of imide groups is 2. The quantitative estimate of drug-likeness (QED) is 0.599. The lowest BCUT2D eigenvalue weighted by molar-refractivity contribution is -0.134. The average Bonchev–Trinajstić information content (AvgIpc) is 2.41. The van der Waals surface area contributed by atoms with Crippen molar-refractivity contribution in [3.8, 4) is 5.75 Å². The molecule has 0 atom stereocenters. The molecular weight excluding hydrogens is 248 g/mol. The van der Waals surface area contributed by atoms with E-state index in [1.165, 1.54) is 26.2 Å². The molecule has 1 aliphatic rings. The Kier molecular flexibility index (Phi) is 3.08. The molecule has 6 heteroatoms. The van der Waals surface area contributed by atoms with Crippen LogP contribution >= 0.6 is 0 Å². The molecule has 0 unspecified atom stereocenters. The van der Waals surface area contributed by atoms with Crippen molar-refractivity contribution < 1.29 is 19.5 Å². The van der Waals surface area contributed by atoms with Crippen molar-refractivity contribution >= 4 is 23.9 Å². The van der Waals surface area contributed by atoms with Gasteiger partial charge < -0.3 is 5.11 Å². The van der Waals surface area contributed by atoms with Gasteiger partial charge in [-0.05, 0) is 12.1 Å². The van der Waals surface area contributed by atoms with Crippen LogP contribution in [0.15, 0.2) is 29.8 Å². The van der Waals surface area contributed by atoms with Gasteiger partial charge in [0.2, 0.25) is 0 Å². The van der Waals surface area contributed by atoms with Crippen LogP contribution in [-0.2, 0) is 9.59 Å². The van der Waals surface area contributed by atoms with Gasteiger partial charge in [-0.1, -0.05) is 18.2 Å². The number of hydrogen-bond acceptors (Lipinski definition) is 4. The van der Waals surface area contributed by atoms with E-state index in [2.05, 4.69) is 0 Å². The molecule has 4 amide bonds. The van der Waals surface area contributed by atoms with Gasteiger partial charge in [0.25, 0.3) is 11.8 Å². The Hall–Kier alpha value is -2.63. The van der Waals surface area contributed by atoms with Crippen LogP contribution in [0.5, 0.6) is 5.75 Å². The summed E-state index contributed by atoms with van der Waals surface area (Å²) in [6, 6.07) is 5.64.